The second kappa shape index (κ2) is 18.4. The molecule has 0 aromatic heterocycles. The molecular formula is C58H48N2. The van der Waals surface area contributed by atoms with Crippen molar-refractivity contribution >= 4 is 57.4 Å². The van der Waals surface area contributed by atoms with Gasteiger partial charge in [-0.1, -0.05) is 158 Å². The molecule has 290 valence electrons. The van der Waals surface area contributed by atoms with Crippen LogP contribution in [0.2, 0.25) is 0 Å². The lowest BCUT2D eigenvalue weighted by molar-refractivity contribution is 0.997. The molecule has 0 fully saturated rings. The van der Waals surface area contributed by atoms with E-state index in [1.807, 2.05) is 0 Å². The molecule has 7 aromatic carbocycles. The molecule has 0 atom stereocenters. The summed E-state index contributed by atoms with van der Waals surface area (Å²) in [7, 11) is 0. The molecule has 7 aromatic rings. The average Bonchev–Trinajstić information content (AvgIpc) is 3.33. The van der Waals surface area contributed by atoms with Gasteiger partial charge in [0.05, 0.1) is 0 Å². The van der Waals surface area contributed by atoms with Gasteiger partial charge in [-0.3, -0.25) is 0 Å². The Kier molecular flexibility index (Phi) is 11.7. The van der Waals surface area contributed by atoms with Crippen LogP contribution in [-0.2, 0) is 0 Å². The maximum Gasteiger partial charge on any atom is 0.0463 e. The Balaban J connectivity index is 1.10. The number of hydrogen-bond acceptors (Lipinski definition) is 2. The van der Waals surface area contributed by atoms with Crippen molar-refractivity contribution in [3.05, 3.63) is 264 Å². The van der Waals surface area contributed by atoms with Crippen LogP contribution in [0.1, 0.15) is 47.9 Å². The third-order valence-corrected chi connectivity index (χ3v) is 11.2. The molecule has 0 aliphatic heterocycles. The third-order valence-electron chi connectivity index (χ3n) is 11.2. The standard InChI is InChI=1S/C58H48N2/c1-7-19-47(20-8-1)57(48-21-9-2-10-22-48)43-45-31-35-53(36-32-45)60(56-41-39-55(40-42-56)59(51-27-15-5-16-28-51)52-29-17-6-18-30-52)54-37-33-46(34-38-54)44-58(49-23-11-3-12-24-49)50-25-13-4-14-26-50/h1-3,5-9,11-13,15-21,23-44H,4,10,14,22H2. The number of anilines is 6. The van der Waals surface area contributed by atoms with Crippen LogP contribution in [0.5, 0.6) is 0 Å². The maximum absolute atomic E-state index is 2.36. The maximum atomic E-state index is 2.36. The number of allylic oxidation sites excluding steroid dienone is 10. The molecule has 0 heterocycles. The molecule has 0 N–H and O–H groups in total. The molecule has 0 radical (unpaired) electrons. The van der Waals surface area contributed by atoms with Crippen molar-refractivity contribution in [2.45, 2.75) is 25.7 Å². The Morgan fingerprint density at radius 3 is 1.23 bits per heavy atom. The van der Waals surface area contributed by atoms with E-state index >= 15 is 0 Å². The number of rotatable bonds is 12. The van der Waals surface area contributed by atoms with E-state index in [0.29, 0.717) is 0 Å². The molecule has 0 bridgehead atoms. The minimum Gasteiger partial charge on any atom is -0.311 e. The Bertz CT molecular complexity index is 2640. The Labute approximate surface area is 355 Å². The van der Waals surface area contributed by atoms with Gasteiger partial charge < -0.3 is 9.80 Å². The molecule has 2 aliphatic carbocycles. The van der Waals surface area contributed by atoms with Gasteiger partial charge in [-0.2, -0.15) is 0 Å². The van der Waals surface area contributed by atoms with Crippen molar-refractivity contribution in [3.63, 3.8) is 0 Å². The first kappa shape index (κ1) is 38.1. The zero-order chi connectivity index (χ0) is 40.4. The van der Waals surface area contributed by atoms with Gasteiger partial charge in [0.15, 0.2) is 0 Å². The van der Waals surface area contributed by atoms with Gasteiger partial charge in [0, 0.05) is 34.1 Å². The van der Waals surface area contributed by atoms with Crippen molar-refractivity contribution in [1.82, 2.24) is 0 Å². The summed E-state index contributed by atoms with van der Waals surface area (Å²) in [6.07, 6.45) is 22.5. The molecule has 0 saturated carbocycles. The lowest BCUT2D eigenvalue weighted by Gasteiger charge is -2.28. The molecule has 2 heteroatoms. The van der Waals surface area contributed by atoms with Gasteiger partial charge in [0.1, 0.15) is 0 Å². The summed E-state index contributed by atoms with van der Waals surface area (Å²) in [6.45, 7) is 0. The zero-order valence-corrected chi connectivity index (χ0v) is 33.8. The summed E-state index contributed by atoms with van der Waals surface area (Å²) in [6, 6.07) is 69.6. The van der Waals surface area contributed by atoms with Crippen molar-refractivity contribution in [2.75, 3.05) is 9.80 Å². The summed E-state index contributed by atoms with van der Waals surface area (Å²) >= 11 is 0. The quantitative estimate of drug-likeness (QED) is 0.114. The molecule has 0 amide bonds. The smallest absolute Gasteiger partial charge is 0.0463 e. The van der Waals surface area contributed by atoms with Crippen LogP contribution in [0.3, 0.4) is 0 Å². The van der Waals surface area contributed by atoms with E-state index in [4.69, 9.17) is 0 Å². The van der Waals surface area contributed by atoms with Gasteiger partial charge in [0.25, 0.3) is 0 Å². The van der Waals surface area contributed by atoms with Gasteiger partial charge in [0.2, 0.25) is 0 Å². The molecule has 0 spiro atoms. The second-order valence-corrected chi connectivity index (χ2v) is 15.2. The van der Waals surface area contributed by atoms with Crippen LogP contribution in [0.15, 0.2) is 242 Å². The fraction of sp³-hybridized carbons (Fsp3) is 0.0690. The topological polar surface area (TPSA) is 6.48 Å². The first-order valence-corrected chi connectivity index (χ1v) is 21.0. The SMILES string of the molecule is C1=CCCC(C(=Cc2ccc(N(c3ccc(C=C(C4=CCCC=C4)c4ccccc4)cc3)c3ccc(N(c4ccccc4)c4ccccc4)cc3)cc2)c2ccccc2)=C1. The van der Waals surface area contributed by atoms with E-state index in [1.54, 1.807) is 0 Å². The Morgan fingerprint density at radius 2 is 0.800 bits per heavy atom. The van der Waals surface area contributed by atoms with Crippen molar-refractivity contribution < 1.29 is 0 Å². The van der Waals surface area contributed by atoms with Crippen LogP contribution in [0.25, 0.3) is 23.3 Å². The van der Waals surface area contributed by atoms with Gasteiger partial charge in [-0.05, 0) is 155 Å². The van der Waals surface area contributed by atoms with E-state index in [9.17, 15) is 0 Å². The number of para-hydroxylation sites is 2. The van der Waals surface area contributed by atoms with Crippen LogP contribution in [0, 0.1) is 0 Å². The van der Waals surface area contributed by atoms with E-state index in [0.717, 1.165) is 65.4 Å². The van der Waals surface area contributed by atoms with Crippen molar-refractivity contribution in [3.8, 4) is 0 Å². The summed E-state index contributed by atoms with van der Waals surface area (Å²) in [5, 5.41) is 0. The van der Waals surface area contributed by atoms with Gasteiger partial charge >= 0.3 is 0 Å². The van der Waals surface area contributed by atoms with Crippen LogP contribution < -0.4 is 9.80 Å². The third kappa shape index (κ3) is 8.84. The average molecular weight is 773 g/mol. The predicted molar refractivity (Wildman–Crippen MR) is 257 cm³/mol. The fourth-order valence-electron chi connectivity index (χ4n) is 8.14. The first-order chi connectivity index (χ1) is 29.8. The summed E-state index contributed by atoms with van der Waals surface area (Å²) in [4.78, 5) is 4.66. The summed E-state index contributed by atoms with van der Waals surface area (Å²) in [5.41, 5.74) is 16.6. The van der Waals surface area contributed by atoms with Crippen LogP contribution in [-0.4, -0.2) is 0 Å². The van der Waals surface area contributed by atoms with Crippen molar-refractivity contribution in [1.29, 1.82) is 0 Å². The molecule has 2 aliphatic rings. The highest BCUT2D eigenvalue weighted by Crippen LogP contribution is 2.40. The number of benzene rings is 7. The van der Waals surface area contributed by atoms with Crippen molar-refractivity contribution in [2.24, 2.45) is 0 Å². The fourth-order valence-corrected chi connectivity index (χ4v) is 8.14. The molecular weight excluding hydrogens is 725 g/mol. The van der Waals surface area contributed by atoms with E-state index in [1.165, 1.54) is 39.0 Å². The van der Waals surface area contributed by atoms with E-state index < -0.39 is 0 Å². The monoisotopic (exact) mass is 772 g/mol. The minimum absolute atomic E-state index is 1.04. The number of nitrogens with zero attached hydrogens (tertiary/aromatic N) is 2. The largest absolute Gasteiger partial charge is 0.311 e. The minimum atomic E-state index is 1.04. The second-order valence-electron chi connectivity index (χ2n) is 15.2. The highest BCUT2D eigenvalue weighted by molar-refractivity contribution is 5.94. The number of hydrogen-bond donors (Lipinski definition) is 0. The molecule has 0 saturated heterocycles. The normalized spacial score (nSPS) is 14.0. The highest BCUT2D eigenvalue weighted by atomic mass is 15.2. The van der Waals surface area contributed by atoms with E-state index in [2.05, 4.69) is 253 Å². The first-order valence-electron chi connectivity index (χ1n) is 21.0. The molecule has 60 heavy (non-hydrogen) atoms. The molecule has 0 unspecified atom stereocenters. The predicted octanol–water partition coefficient (Wildman–Crippen LogP) is 16.3. The summed E-state index contributed by atoms with van der Waals surface area (Å²) < 4.78 is 0. The zero-order valence-electron chi connectivity index (χ0n) is 33.8. The molecule has 9 rings (SSSR count). The van der Waals surface area contributed by atoms with Gasteiger partial charge in [-0.25, -0.2) is 0 Å². The van der Waals surface area contributed by atoms with E-state index in [-0.39, 0.29) is 0 Å². The Morgan fingerprint density at radius 1 is 0.383 bits per heavy atom. The van der Waals surface area contributed by atoms with Crippen LogP contribution >= 0.6 is 0 Å². The Hall–Kier alpha value is -7.42. The van der Waals surface area contributed by atoms with Crippen LogP contribution in [0.4, 0.5) is 34.1 Å². The lowest BCUT2D eigenvalue weighted by atomic mass is 9.90. The molecule has 2 nitrogen and oxygen atoms in total. The van der Waals surface area contributed by atoms with Gasteiger partial charge in [-0.15, -0.1) is 0 Å². The lowest BCUT2D eigenvalue weighted by Crippen LogP contribution is -2.12. The highest BCUT2D eigenvalue weighted by Gasteiger charge is 2.17. The summed E-state index contributed by atoms with van der Waals surface area (Å²) in [5.74, 6) is 0.